The lowest BCUT2D eigenvalue weighted by Gasteiger charge is -2.18. The molecule has 7 heteroatoms. The fourth-order valence-corrected chi connectivity index (χ4v) is 3.36. The van der Waals surface area contributed by atoms with Crippen LogP contribution in [-0.4, -0.2) is 44.8 Å². The maximum Gasteiger partial charge on any atom is 0.191 e. The van der Waals surface area contributed by atoms with Gasteiger partial charge in [-0.1, -0.05) is 0 Å². The molecule has 2 N–H and O–H groups in total. The standard InChI is InChI=1S/C19H31N3O2S.HI/c1-20-19(21-11-6-12-25-3)22-14-15-9-10-17(23-2)13-18(15)24-16-7-4-5-8-16;/h9-10,13,16H,4-8,11-12,14H2,1-3H3,(H2,20,21,22);1H. The van der Waals surface area contributed by atoms with Crippen molar-refractivity contribution < 1.29 is 9.47 Å². The van der Waals surface area contributed by atoms with E-state index in [1.165, 1.54) is 12.8 Å². The van der Waals surface area contributed by atoms with Crippen LogP contribution in [0.3, 0.4) is 0 Å². The van der Waals surface area contributed by atoms with Crippen LogP contribution in [0.2, 0.25) is 0 Å². The van der Waals surface area contributed by atoms with Crippen molar-refractivity contribution in [2.45, 2.75) is 44.8 Å². The summed E-state index contributed by atoms with van der Waals surface area (Å²) in [5, 5.41) is 6.73. The minimum atomic E-state index is 0. The van der Waals surface area contributed by atoms with Crippen LogP contribution in [0.15, 0.2) is 23.2 Å². The third kappa shape index (κ3) is 7.82. The first-order valence-electron chi connectivity index (χ1n) is 9.04. The lowest BCUT2D eigenvalue weighted by molar-refractivity contribution is 0.207. The van der Waals surface area contributed by atoms with Crippen LogP contribution in [0.4, 0.5) is 0 Å². The highest BCUT2D eigenvalue weighted by Gasteiger charge is 2.18. The van der Waals surface area contributed by atoms with Crippen LogP contribution in [-0.2, 0) is 6.54 Å². The number of nitrogens with one attached hydrogen (secondary N) is 2. The molecule has 1 aliphatic carbocycles. The van der Waals surface area contributed by atoms with Crippen molar-refractivity contribution in [2.24, 2.45) is 4.99 Å². The number of benzene rings is 1. The van der Waals surface area contributed by atoms with Gasteiger partial charge in [0.2, 0.25) is 0 Å². The Labute approximate surface area is 179 Å². The highest BCUT2D eigenvalue weighted by atomic mass is 127. The molecule has 0 spiro atoms. The molecule has 0 unspecified atom stereocenters. The first-order valence-corrected chi connectivity index (χ1v) is 10.4. The largest absolute Gasteiger partial charge is 0.497 e. The predicted molar refractivity (Wildman–Crippen MR) is 122 cm³/mol. The molecule has 1 aromatic rings. The molecule has 0 heterocycles. The molecular weight excluding hydrogens is 461 g/mol. The van der Waals surface area contributed by atoms with E-state index >= 15 is 0 Å². The Hall–Kier alpha value is -0.830. The Morgan fingerprint density at radius 2 is 2.04 bits per heavy atom. The molecule has 1 saturated carbocycles. The summed E-state index contributed by atoms with van der Waals surface area (Å²) in [5.41, 5.74) is 1.12. The number of hydrogen-bond acceptors (Lipinski definition) is 4. The molecule has 0 aromatic heterocycles. The van der Waals surface area contributed by atoms with Crippen molar-refractivity contribution in [1.82, 2.24) is 10.6 Å². The summed E-state index contributed by atoms with van der Waals surface area (Å²) < 4.78 is 11.6. The van der Waals surface area contributed by atoms with E-state index in [-0.39, 0.29) is 24.0 Å². The highest BCUT2D eigenvalue weighted by molar-refractivity contribution is 14.0. The van der Waals surface area contributed by atoms with E-state index in [9.17, 15) is 0 Å². The van der Waals surface area contributed by atoms with Gasteiger partial charge in [0.25, 0.3) is 0 Å². The van der Waals surface area contributed by atoms with Crippen LogP contribution >= 0.6 is 35.7 Å². The summed E-state index contributed by atoms with van der Waals surface area (Å²) in [6, 6.07) is 6.04. The number of guanidine groups is 1. The number of hydrogen-bond donors (Lipinski definition) is 2. The van der Waals surface area contributed by atoms with E-state index in [1.54, 1.807) is 14.2 Å². The zero-order chi connectivity index (χ0) is 17.9. The van der Waals surface area contributed by atoms with Crippen molar-refractivity contribution in [3.05, 3.63) is 23.8 Å². The topological polar surface area (TPSA) is 54.9 Å². The van der Waals surface area contributed by atoms with Gasteiger partial charge in [-0.3, -0.25) is 4.99 Å². The molecule has 0 aliphatic heterocycles. The lowest BCUT2D eigenvalue weighted by atomic mass is 10.2. The van der Waals surface area contributed by atoms with Crippen molar-refractivity contribution >= 4 is 41.7 Å². The maximum absolute atomic E-state index is 6.24. The number of nitrogens with zero attached hydrogens (tertiary/aromatic N) is 1. The molecule has 0 amide bonds. The van der Waals surface area contributed by atoms with Gasteiger partial charge in [0.15, 0.2) is 5.96 Å². The van der Waals surface area contributed by atoms with Crippen LogP contribution < -0.4 is 20.1 Å². The van der Waals surface area contributed by atoms with Crippen LogP contribution in [0.5, 0.6) is 11.5 Å². The van der Waals surface area contributed by atoms with Crippen molar-refractivity contribution in [3.63, 3.8) is 0 Å². The second kappa shape index (κ2) is 13.4. The molecule has 1 aliphatic rings. The minimum absolute atomic E-state index is 0. The van der Waals surface area contributed by atoms with Gasteiger partial charge in [-0.05, 0) is 56.2 Å². The summed E-state index contributed by atoms with van der Waals surface area (Å²) in [6.45, 7) is 1.60. The zero-order valence-corrected chi connectivity index (χ0v) is 19.2. The summed E-state index contributed by atoms with van der Waals surface area (Å²) in [5.74, 6) is 3.72. The molecule has 5 nitrogen and oxygen atoms in total. The fourth-order valence-electron chi connectivity index (χ4n) is 2.93. The molecule has 148 valence electrons. The van der Waals surface area contributed by atoms with Crippen molar-refractivity contribution in [3.8, 4) is 11.5 Å². The van der Waals surface area contributed by atoms with Gasteiger partial charge in [0, 0.05) is 31.8 Å². The average molecular weight is 493 g/mol. The Morgan fingerprint density at radius 3 is 2.69 bits per heavy atom. The lowest BCUT2D eigenvalue weighted by Crippen LogP contribution is -2.37. The Bertz CT molecular complexity index is 552. The quantitative estimate of drug-likeness (QED) is 0.235. The van der Waals surface area contributed by atoms with E-state index in [4.69, 9.17) is 9.47 Å². The van der Waals surface area contributed by atoms with Gasteiger partial charge in [-0.15, -0.1) is 24.0 Å². The van der Waals surface area contributed by atoms with Crippen LogP contribution in [0, 0.1) is 0 Å². The van der Waals surface area contributed by atoms with E-state index < -0.39 is 0 Å². The molecule has 26 heavy (non-hydrogen) atoms. The number of ether oxygens (including phenoxy) is 2. The first-order chi connectivity index (χ1) is 12.3. The van der Waals surface area contributed by atoms with Gasteiger partial charge in [0.05, 0.1) is 13.2 Å². The molecule has 0 bridgehead atoms. The van der Waals surface area contributed by atoms with E-state index in [0.29, 0.717) is 12.6 Å². The second-order valence-corrected chi connectivity index (χ2v) is 7.18. The molecule has 2 rings (SSSR count). The van der Waals surface area contributed by atoms with E-state index in [0.717, 1.165) is 54.6 Å². The molecule has 0 radical (unpaired) electrons. The Balaban J connectivity index is 0.00000338. The van der Waals surface area contributed by atoms with Crippen LogP contribution in [0.25, 0.3) is 0 Å². The second-order valence-electron chi connectivity index (χ2n) is 6.20. The van der Waals surface area contributed by atoms with E-state index in [2.05, 4.69) is 27.9 Å². The summed E-state index contributed by atoms with van der Waals surface area (Å²) >= 11 is 1.86. The first kappa shape index (κ1) is 23.2. The monoisotopic (exact) mass is 493 g/mol. The third-order valence-corrected chi connectivity index (χ3v) is 5.05. The molecule has 0 saturated heterocycles. The van der Waals surface area contributed by atoms with Gasteiger partial charge >= 0.3 is 0 Å². The van der Waals surface area contributed by atoms with Gasteiger partial charge in [-0.2, -0.15) is 11.8 Å². The Kier molecular flexibility index (Phi) is 11.9. The van der Waals surface area contributed by atoms with Crippen LogP contribution in [0.1, 0.15) is 37.7 Å². The molecule has 1 aromatic carbocycles. The Morgan fingerprint density at radius 1 is 1.27 bits per heavy atom. The zero-order valence-electron chi connectivity index (χ0n) is 16.0. The van der Waals surface area contributed by atoms with Gasteiger partial charge in [0.1, 0.15) is 11.5 Å². The average Bonchev–Trinajstić information content (AvgIpc) is 3.15. The maximum atomic E-state index is 6.24. The highest BCUT2D eigenvalue weighted by Crippen LogP contribution is 2.29. The normalized spacial score (nSPS) is 14.7. The number of methoxy groups -OCH3 is 1. The fraction of sp³-hybridized carbons (Fsp3) is 0.632. The number of thioether (sulfide) groups is 1. The number of halogens is 1. The smallest absolute Gasteiger partial charge is 0.191 e. The molecular formula is C19H32IN3O2S. The van der Waals surface area contributed by atoms with Gasteiger partial charge in [-0.25, -0.2) is 0 Å². The van der Waals surface area contributed by atoms with Crippen molar-refractivity contribution in [2.75, 3.05) is 32.7 Å². The van der Waals surface area contributed by atoms with Gasteiger partial charge < -0.3 is 20.1 Å². The molecule has 0 atom stereocenters. The SMILES string of the molecule is CN=C(NCCCSC)NCc1ccc(OC)cc1OC1CCCC1.I. The predicted octanol–water partition coefficient (Wildman–Crippen LogP) is 4.05. The molecule has 1 fully saturated rings. The van der Waals surface area contributed by atoms with E-state index in [1.807, 2.05) is 23.9 Å². The summed E-state index contributed by atoms with van der Waals surface area (Å²) in [6.07, 6.45) is 8.38. The summed E-state index contributed by atoms with van der Waals surface area (Å²) in [7, 11) is 3.49. The minimum Gasteiger partial charge on any atom is -0.497 e. The third-order valence-electron chi connectivity index (χ3n) is 4.36. The van der Waals surface area contributed by atoms with Crippen molar-refractivity contribution in [1.29, 1.82) is 0 Å². The number of aliphatic imine (C=N–C) groups is 1. The number of rotatable bonds is 9. The summed E-state index contributed by atoms with van der Waals surface area (Å²) in [4.78, 5) is 4.29.